The Morgan fingerprint density at radius 3 is 1.89 bits per heavy atom. The minimum absolute atomic E-state index is 0.0476. The van der Waals surface area contributed by atoms with Gasteiger partial charge < -0.3 is 50.3 Å². The highest BCUT2D eigenvalue weighted by Crippen LogP contribution is 2.47. The quantitative estimate of drug-likeness (QED) is 0.165. The summed E-state index contributed by atoms with van der Waals surface area (Å²) >= 11 is 0. The van der Waals surface area contributed by atoms with Crippen molar-refractivity contribution in [2.24, 2.45) is 0 Å². The van der Waals surface area contributed by atoms with E-state index in [9.17, 15) is 50.4 Å². The minimum Gasteiger partial charge on any atom is -0.508 e. The van der Waals surface area contributed by atoms with E-state index in [0.29, 0.717) is 0 Å². The molecule has 12 heteroatoms. The number of carbonyl (C=O) groups is 2. The first-order valence-electron chi connectivity index (χ1n) is 11.3. The number of aromatic hydroxyl groups is 5. The molecule has 0 saturated carbocycles. The van der Waals surface area contributed by atoms with Gasteiger partial charge in [-0.1, -0.05) is 0 Å². The standard InChI is InChI=1S/C26H24O12/c27-10-17-21(33)23(35)25(38-26(36)12-3-7-14(29)8-4-12)24(37-17)19-16(31)9-15(30)18(22(19)34)20(32)11-1-5-13(28)6-2-11/h1-9,17,21,23-25,27-31,33-35H,10H2/t17-,21-,23+,24+,25-/m1/s1. The summed E-state index contributed by atoms with van der Waals surface area (Å²) in [5, 5.41) is 81.8. The van der Waals surface area contributed by atoms with Crippen molar-refractivity contribution in [1.29, 1.82) is 0 Å². The predicted octanol–water partition coefficient (Wildman–Crippen LogP) is 0.825. The van der Waals surface area contributed by atoms with Gasteiger partial charge in [0, 0.05) is 11.6 Å². The maximum Gasteiger partial charge on any atom is 0.338 e. The van der Waals surface area contributed by atoms with Gasteiger partial charge in [-0.2, -0.15) is 0 Å². The lowest BCUT2D eigenvalue weighted by molar-refractivity contribution is -0.232. The average molecular weight is 528 g/mol. The Morgan fingerprint density at radius 2 is 1.34 bits per heavy atom. The van der Waals surface area contributed by atoms with Crippen LogP contribution in [0.15, 0.2) is 54.6 Å². The zero-order valence-corrected chi connectivity index (χ0v) is 19.5. The Morgan fingerprint density at radius 1 is 0.789 bits per heavy atom. The minimum atomic E-state index is -1.89. The van der Waals surface area contributed by atoms with Gasteiger partial charge in [-0.25, -0.2) is 4.79 Å². The number of hydrogen-bond donors (Lipinski definition) is 8. The summed E-state index contributed by atoms with van der Waals surface area (Å²) in [4.78, 5) is 25.9. The molecule has 0 bridgehead atoms. The number of ketones is 1. The van der Waals surface area contributed by atoms with Crippen LogP contribution in [0.25, 0.3) is 0 Å². The Balaban J connectivity index is 1.79. The summed E-state index contributed by atoms with van der Waals surface area (Å²) in [5.41, 5.74) is -1.35. The van der Waals surface area contributed by atoms with Gasteiger partial charge in [0.1, 0.15) is 58.7 Å². The van der Waals surface area contributed by atoms with E-state index in [1.54, 1.807) is 0 Å². The number of esters is 1. The second-order valence-corrected chi connectivity index (χ2v) is 8.60. The van der Waals surface area contributed by atoms with Crippen molar-refractivity contribution in [2.45, 2.75) is 30.5 Å². The summed E-state index contributed by atoms with van der Waals surface area (Å²) in [6.45, 7) is -0.813. The van der Waals surface area contributed by atoms with E-state index >= 15 is 0 Å². The first-order chi connectivity index (χ1) is 18.0. The van der Waals surface area contributed by atoms with E-state index in [1.165, 1.54) is 48.5 Å². The van der Waals surface area contributed by atoms with Crippen molar-refractivity contribution < 1.29 is 59.9 Å². The molecule has 1 saturated heterocycles. The molecule has 4 rings (SSSR count). The molecule has 38 heavy (non-hydrogen) atoms. The molecule has 0 spiro atoms. The van der Waals surface area contributed by atoms with E-state index in [1.807, 2.05) is 0 Å². The van der Waals surface area contributed by atoms with Crippen LogP contribution in [0.3, 0.4) is 0 Å². The molecule has 8 N–H and O–H groups in total. The second kappa shape index (κ2) is 10.6. The number of phenols is 5. The van der Waals surface area contributed by atoms with E-state index in [2.05, 4.69) is 0 Å². The van der Waals surface area contributed by atoms with Crippen LogP contribution in [0.4, 0.5) is 0 Å². The van der Waals surface area contributed by atoms with Crippen molar-refractivity contribution in [3.8, 4) is 28.7 Å². The molecular formula is C26H24O12. The largest absolute Gasteiger partial charge is 0.508 e. The van der Waals surface area contributed by atoms with Gasteiger partial charge in [-0.3, -0.25) is 4.79 Å². The molecule has 1 fully saturated rings. The number of phenolic OH excluding ortho intramolecular Hbond substituents is 5. The van der Waals surface area contributed by atoms with Crippen LogP contribution in [0, 0.1) is 0 Å². The fourth-order valence-corrected chi connectivity index (χ4v) is 4.16. The molecule has 1 aliphatic rings. The summed E-state index contributed by atoms with van der Waals surface area (Å²) < 4.78 is 11.0. The van der Waals surface area contributed by atoms with Crippen molar-refractivity contribution in [3.63, 3.8) is 0 Å². The fourth-order valence-electron chi connectivity index (χ4n) is 4.16. The number of rotatable bonds is 6. The van der Waals surface area contributed by atoms with Crippen LogP contribution in [0.5, 0.6) is 28.7 Å². The summed E-state index contributed by atoms with van der Waals surface area (Å²) in [6, 6.07) is 10.4. The molecule has 5 atom stereocenters. The van der Waals surface area contributed by atoms with E-state index in [4.69, 9.17) is 9.47 Å². The first kappa shape index (κ1) is 26.7. The third-order valence-electron chi connectivity index (χ3n) is 6.15. The fraction of sp³-hybridized carbons (Fsp3) is 0.231. The Hall–Kier alpha value is -4.36. The highest BCUT2D eigenvalue weighted by atomic mass is 16.6. The topological polar surface area (TPSA) is 214 Å². The number of ether oxygens (including phenoxy) is 2. The zero-order valence-electron chi connectivity index (χ0n) is 19.5. The monoisotopic (exact) mass is 528 g/mol. The third-order valence-corrected chi connectivity index (χ3v) is 6.15. The van der Waals surface area contributed by atoms with Crippen molar-refractivity contribution >= 4 is 11.8 Å². The Bertz CT molecular complexity index is 1340. The normalized spacial score (nSPS) is 23.1. The molecule has 200 valence electrons. The molecule has 3 aromatic rings. The van der Waals surface area contributed by atoms with Crippen LogP contribution in [0.2, 0.25) is 0 Å². The van der Waals surface area contributed by atoms with Crippen LogP contribution in [-0.2, 0) is 9.47 Å². The van der Waals surface area contributed by atoms with Crippen LogP contribution < -0.4 is 0 Å². The number of aliphatic hydroxyl groups is 3. The number of carbonyl (C=O) groups excluding carboxylic acids is 2. The Labute approximate surface area is 214 Å². The smallest absolute Gasteiger partial charge is 0.338 e. The molecule has 3 aromatic carbocycles. The average Bonchev–Trinajstić information content (AvgIpc) is 2.88. The van der Waals surface area contributed by atoms with Gasteiger partial charge in [-0.15, -0.1) is 0 Å². The first-order valence-corrected chi connectivity index (χ1v) is 11.3. The van der Waals surface area contributed by atoms with Crippen LogP contribution in [-0.4, -0.2) is 83.6 Å². The van der Waals surface area contributed by atoms with Gasteiger partial charge in [-0.05, 0) is 48.5 Å². The summed E-state index contributed by atoms with van der Waals surface area (Å²) in [7, 11) is 0. The predicted molar refractivity (Wildman–Crippen MR) is 127 cm³/mol. The van der Waals surface area contributed by atoms with E-state index in [-0.39, 0.29) is 22.6 Å². The number of aliphatic hydroxyl groups excluding tert-OH is 3. The SMILES string of the molecule is O=C(O[C@@H]1[C@@H](O)[C@H](O)[C@@H](CO)O[C@H]1c1c(O)cc(O)c(C(=O)c2ccc(O)cc2)c1O)c1ccc(O)cc1. The molecule has 12 nitrogen and oxygen atoms in total. The number of hydrogen-bond acceptors (Lipinski definition) is 12. The summed E-state index contributed by atoms with van der Waals surface area (Å²) in [5.74, 6) is -4.81. The molecule has 1 heterocycles. The lowest BCUT2D eigenvalue weighted by Gasteiger charge is -2.42. The van der Waals surface area contributed by atoms with Gasteiger partial charge >= 0.3 is 5.97 Å². The molecule has 0 unspecified atom stereocenters. The van der Waals surface area contributed by atoms with E-state index < -0.39 is 77.3 Å². The van der Waals surface area contributed by atoms with Crippen LogP contribution in [0.1, 0.15) is 37.9 Å². The van der Waals surface area contributed by atoms with Gasteiger partial charge in [0.2, 0.25) is 5.78 Å². The Kier molecular flexibility index (Phi) is 7.41. The molecule has 0 amide bonds. The molecule has 1 aliphatic heterocycles. The van der Waals surface area contributed by atoms with Crippen molar-refractivity contribution in [3.05, 3.63) is 76.9 Å². The zero-order chi connectivity index (χ0) is 27.7. The second-order valence-electron chi connectivity index (χ2n) is 8.60. The third kappa shape index (κ3) is 4.93. The maximum atomic E-state index is 13.1. The lowest BCUT2D eigenvalue weighted by Crippen LogP contribution is -2.56. The molecule has 0 aromatic heterocycles. The highest BCUT2D eigenvalue weighted by Gasteiger charge is 2.49. The molecule has 0 radical (unpaired) electrons. The lowest BCUT2D eigenvalue weighted by atomic mass is 9.88. The van der Waals surface area contributed by atoms with E-state index in [0.717, 1.165) is 6.07 Å². The summed E-state index contributed by atoms with van der Waals surface area (Å²) in [6.07, 6.45) is -8.63. The van der Waals surface area contributed by atoms with Crippen molar-refractivity contribution in [2.75, 3.05) is 6.61 Å². The van der Waals surface area contributed by atoms with Crippen LogP contribution >= 0.6 is 0 Å². The van der Waals surface area contributed by atoms with Gasteiger partial charge in [0.05, 0.1) is 17.7 Å². The molecule has 0 aliphatic carbocycles. The highest BCUT2D eigenvalue weighted by molar-refractivity contribution is 6.13. The van der Waals surface area contributed by atoms with Gasteiger partial charge in [0.15, 0.2) is 6.10 Å². The van der Waals surface area contributed by atoms with Crippen molar-refractivity contribution in [1.82, 2.24) is 0 Å². The van der Waals surface area contributed by atoms with Gasteiger partial charge in [0.25, 0.3) is 0 Å². The number of benzene rings is 3. The maximum absolute atomic E-state index is 13.1. The molecular weight excluding hydrogens is 504 g/mol.